The van der Waals surface area contributed by atoms with Crippen molar-refractivity contribution in [2.75, 3.05) is 4.72 Å². The number of sulfonamides is 1. The summed E-state index contributed by atoms with van der Waals surface area (Å²) in [7, 11) is -3.84. The summed E-state index contributed by atoms with van der Waals surface area (Å²) in [5.74, 6) is -1.21. The Kier molecular flexibility index (Phi) is 4.35. The summed E-state index contributed by atoms with van der Waals surface area (Å²) in [4.78, 5) is 0. The van der Waals surface area contributed by atoms with Crippen molar-refractivity contribution < 1.29 is 18.0 Å². The van der Waals surface area contributed by atoms with E-state index in [-0.39, 0.29) is 15.5 Å². The molecule has 0 aliphatic carbocycles. The van der Waals surface area contributed by atoms with Gasteiger partial charge in [-0.2, -0.15) is 0 Å². The van der Waals surface area contributed by atoms with Crippen LogP contribution in [0.25, 0.3) is 0 Å². The number of hydrogen-bond donors (Lipinski definition) is 3. The number of anilines is 1. The van der Waals surface area contributed by atoms with Crippen molar-refractivity contribution in [2.45, 2.75) is 4.21 Å². The summed E-state index contributed by atoms with van der Waals surface area (Å²) >= 11 is 6.58. The quantitative estimate of drug-likeness (QED) is 0.341. The van der Waals surface area contributed by atoms with Crippen LogP contribution < -0.4 is 10.5 Å². The first kappa shape index (κ1) is 15.5. The van der Waals surface area contributed by atoms with Gasteiger partial charge in [-0.3, -0.25) is 4.72 Å². The molecule has 6 nitrogen and oxygen atoms in total. The third-order valence-electron chi connectivity index (χ3n) is 2.42. The lowest BCUT2D eigenvalue weighted by Gasteiger charge is -2.08. The predicted molar refractivity (Wildman–Crippen MR) is 79.0 cm³/mol. The van der Waals surface area contributed by atoms with Crippen LogP contribution in [0, 0.1) is 5.82 Å². The molecule has 0 spiro atoms. The van der Waals surface area contributed by atoms with E-state index in [2.05, 4.69) is 9.88 Å². The number of amidine groups is 1. The van der Waals surface area contributed by atoms with Crippen LogP contribution in [-0.2, 0) is 10.0 Å². The molecule has 4 N–H and O–H groups in total. The molecule has 0 aliphatic heterocycles. The van der Waals surface area contributed by atoms with E-state index in [4.69, 9.17) is 22.5 Å². The minimum absolute atomic E-state index is 0.0159. The van der Waals surface area contributed by atoms with Crippen molar-refractivity contribution in [1.82, 2.24) is 0 Å². The van der Waals surface area contributed by atoms with Crippen LogP contribution >= 0.6 is 22.9 Å². The summed E-state index contributed by atoms with van der Waals surface area (Å²) in [6.07, 6.45) is 0. The van der Waals surface area contributed by atoms with Crippen LogP contribution in [-0.4, -0.2) is 19.5 Å². The highest BCUT2D eigenvalue weighted by molar-refractivity contribution is 7.94. The Morgan fingerprint density at radius 1 is 1.38 bits per heavy atom. The predicted octanol–water partition coefficient (Wildman–Crippen LogP) is 2.44. The first-order chi connectivity index (χ1) is 9.83. The Morgan fingerprint density at radius 3 is 2.67 bits per heavy atom. The van der Waals surface area contributed by atoms with Crippen LogP contribution in [0.5, 0.6) is 0 Å². The van der Waals surface area contributed by atoms with Crippen LogP contribution in [0.15, 0.2) is 39.7 Å². The van der Waals surface area contributed by atoms with E-state index in [1.54, 1.807) is 0 Å². The normalized spacial score (nSPS) is 12.4. The highest BCUT2D eigenvalue weighted by Crippen LogP contribution is 2.27. The van der Waals surface area contributed by atoms with Crippen molar-refractivity contribution in [2.24, 2.45) is 10.9 Å². The molecule has 1 aromatic carbocycles. The van der Waals surface area contributed by atoms with E-state index >= 15 is 0 Å². The monoisotopic (exact) mass is 349 g/mol. The molecule has 0 fully saturated rings. The summed E-state index contributed by atoms with van der Waals surface area (Å²) in [5, 5.41) is 11.2. The lowest BCUT2D eigenvalue weighted by Crippen LogP contribution is -2.17. The minimum Gasteiger partial charge on any atom is -0.409 e. The van der Waals surface area contributed by atoms with E-state index in [0.717, 1.165) is 23.5 Å². The molecule has 0 radical (unpaired) electrons. The van der Waals surface area contributed by atoms with E-state index < -0.39 is 21.7 Å². The van der Waals surface area contributed by atoms with E-state index in [9.17, 15) is 12.8 Å². The molecule has 1 heterocycles. The number of nitrogens with one attached hydrogen (secondary N) is 1. The summed E-state index contributed by atoms with van der Waals surface area (Å²) < 4.78 is 40.3. The molecule has 10 heteroatoms. The zero-order chi connectivity index (χ0) is 15.6. The Bertz CT molecular complexity index is 805. The van der Waals surface area contributed by atoms with Gasteiger partial charge in [0, 0.05) is 5.69 Å². The maximum atomic E-state index is 13.5. The second kappa shape index (κ2) is 5.88. The number of rotatable bonds is 4. The second-order valence-corrected chi connectivity index (χ2v) is 7.47. The fourth-order valence-corrected chi connectivity index (χ4v) is 4.02. The molecule has 0 bridgehead atoms. The van der Waals surface area contributed by atoms with Gasteiger partial charge in [0.25, 0.3) is 10.0 Å². The highest BCUT2D eigenvalue weighted by Gasteiger charge is 2.18. The number of oxime groups is 1. The molecule has 0 atom stereocenters. The van der Waals surface area contributed by atoms with Crippen molar-refractivity contribution >= 4 is 44.5 Å². The standard InChI is InChI=1S/C11H9ClFN3O3S2/c12-9-3-4-10(20-9)21(18,19)16-6-1-2-8(13)7(5-6)11(14)15-17/h1-5,16-17H,(H2,14,15). The molecule has 0 amide bonds. The third kappa shape index (κ3) is 3.43. The Balaban J connectivity index is 2.36. The van der Waals surface area contributed by atoms with Gasteiger partial charge in [0.1, 0.15) is 10.0 Å². The van der Waals surface area contributed by atoms with E-state index in [0.29, 0.717) is 4.34 Å². The molecule has 0 saturated carbocycles. The number of nitrogens with zero attached hydrogens (tertiary/aromatic N) is 1. The van der Waals surface area contributed by atoms with Gasteiger partial charge in [0.2, 0.25) is 0 Å². The van der Waals surface area contributed by atoms with Crippen molar-refractivity contribution in [3.8, 4) is 0 Å². The first-order valence-electron chi connectivity index (χ1n) is 5.39. The third-order valence-corrected chi connectivity index (χ3v) is 5.52. The summed E-state index contributed by atoms with van der Waals surface area (Å²) in [6, 6.07) is 6.15. The average Bonchev–Trinajstić information content (AvgIpc) is 2.87. The maximum absolute atomic E-state index is 13.5. The van der Waals surface area contributed by atoms with Gasteiger partial charge < -0.3 is 10.9 Å². The van der Waals surface area contributed by atoms with Gasteiger partial charge in [0.05, 0.1) is 9.90 Å². The fourth-order valence-electron chi connectivity index (χ4n) is 1.49. The molecule has 112 valence electrons. The number of nitrogens with two attached hydrogens (primary N) is 1. The van der Waals surface area contributed by atoms with Crippen LogP contribution in [0.4, 0.5) is 10.1 Å². The fraction of sp³-hybridized carbons (Fsp3) is 0. The van der Waals surface area contributed by atoms with Crippen LogP contribution in [0.2, 0.25) is 4.34 Å². The SMILES string of the molecule is NC(=NO)c1cc(NS(=O)(=O)c2ccc(Cl)s2)ccc1F. The average molecular weight is 350 g/mol. The highest BCUT2D eigenvalue weighted by atomic mass is 35.5. The van der Waals surface area contributed by atoms with Gasteiger partial charge in [-0.1, -0.05) is 16.8 Å². The van der Waals surface area contributed by atoms with Crippen LogP contribution in [0.1, 0.15) is 5.56 Å². The van der Waals surface area contributed by atoms with Crippen LogP contribution in [0.3, 0.4) is 0 Å². The van der Waals surface area contributed by atoms with Gasteiger partial charge in [-0.25, -0.2) is 12.8 Å². The molecular weight excluding hydrogens is 341 g/mol. The van der Waals surface area contributed by atoms with Gasteiger partial charge in [-0.05, 0) is 30.3 Å². The number of benzene rings is 1. The van der Waals surface area contributed by atoms with E-state index in [1.807, 2.05) is 0 Å². The molecule has 0 unspecified atom stereocenters. The topological polar surface area (TPSA) is 105 Å². The molecule has 2 aromatic rings. The number of hydrogen-bond acceptors (Lipinski definition) is 5. The molecule has 2 rings (SSSR count). The number of halogens is 2. The largest absolute Gasteiger partial charge is 0.409 e. The summed E-state index contributed by atoms with van der Waals surface area (Å²) in [6.45, 7) is 0. The molecule has 0 saturated heterocycles. The molecule has 1 aromatic heterocycles. The first-order valence-corrected chi connectivity index (χ1v) is 8.07. The minimum atomic E-state index is -3.84. The Hall–Kier alpha value is -1.84. The second-order valence-electron chi connectivity index (χ2n) is 3.84. The number of thiophene rings is 1. The van der Waals surface area contributed by atoms with Gasteiger partial charge >= 0.3 is 0 Å². The van der Waals surface area contributed by atoms with Crippen molar-refractivity contribution in [3.05, 3.63) is 46.0 Å². The lowest BCUT2D eigenvalue weighted by molar-refractivity contribution is 0.318. The molecule has 21 heavy (non-hydrogen) atoms. The van der Waals surface area contributed by atoms with Gasteiger partial charge in [0.15, 0.2) is 5.84 Å². The Morgan fingerprint density at radius 2 is 2.10 bits per heavy atom. The molecular formula is C11H9ClFN3O3S2. The zero-order valence-corrected chi connectivity index (χ0v) is 12.6. The zero-order valence-electron chi connectivity index (χ0n) is 10.2. The van der Waals surface area contributed by atoms with Crippen molar-refractivity contribution in [3.63, 3.8) is 0 Å². The van der Waals surface area contributed by atoms with Gasteiger partial charge in [-0.15, -0.1) is 11.3 Å². The lowest BCUT2D eigenvalue weighted by atomic mass is 10.2. The molecule has 0 aliphatic rings. The summed E-state index contributed by atoms with van der Waals surface area (Å²) in [5.41, 5.74) is 5.16. The van der Waals surface area contributed by atoms with E-state index in [1.165, 1.54) is 18.2 Å². The maximum Gasteiger partial charge on any atom is 0.271 e. The van der Waals surface area contributed by atoms with Crippen molar-refractivity contribution in [1.29, 1.82) is 0 Å². The smallest absolute Gasteiger partial charge is 0.271 e. The Labute approximate surface area is 128 Å².